The fourth-order valence-electron chi connectivity index (χ4n) is 2.71. The van der Waals surface area contributed by atoms with Crippen molar-refractivity contribution in [1.29, 1.82) is 0 Å². The molecule has 140 valence electrons. The Labute approximate surface area is 164 Å². The lowest BCUT2D eigenvalue weighted by Gasteiger charge is -2.09. The summed E-state index contributed by atoms with van der Waals surface area (Å²) in [4.78, 5) is 0. The average molecular weight is 382 g/mol. The lowest BCUT2D eigenvalue weighted by atomic mass is 10.1. The van der Waals surface area contributed by atoms with Crippen LogP contribution in [0.4, 0.5) is 0 Å². The molecule has 3 rings (SSSR count). The smallest absolute Gasteiger partial charge is 0.191 e. The van der Waals surface area contributed by atoms with Gasteiger partial charge >= 0.3 is 0 Å². The molecule has 0 N–H and O–H groups in total. The zero-order valence-electron chi connectivity index (χ0n) is 15.6. The van der Waals surface area contributed by atoms with Gasteiger partial charge in [-0.2, -0.15) is 0 Å². The molecular weight excluding hydrogens is 358 g/mol. The molecule has 0 saturated heterocycles. The van der Waals surface area contributed by atoms with Gasteiger partial charge in [0.25, 0.3) is 0 Å². The molecule has 0 unspecified atom stereocenters. The zero-order valence-corrected chi connectivity index (χ0v) is 16.4. The predicted octanol–water partition coefficient (Wildman–Crippen LogP) is 4.36. The van der Waals surface area contributed by atoms with E-state index >= 15 is 0 Å². The van der Waals surface area contributed by atoms with Gasteiger partial charge in [-0.25, -0.2) is 0 Å². The molecule has 0 saturated carbocycles. The van der Waals surface area contributed by atoms with Gasteiger partial charge in [0.05, 0.1) is 14.2 Å². The maximum atomic E-state index is 5.29. The fraction of sp³-hybridized carbons (Fsp3) is 0.238. The minimum Gasteiger partial charge on any atom is -0.497 e. The van der Waals surface area contributed by atoms with Gasteiger partial charge in [0.15, 0.2) is 5.16 Å². The molecule has 1 heterocycles. The highest BCUT2D eigenvalue weighted by Gasteiger charge is 2.13. The van der Waals surface area contributed by atoms with Crippen LogP contribution in [0.15, 0.2) is 66.3 Å². The summed E-state index contributed by atoms with van der Waals surface area (Å²) in [5.41, 5.74) is 2.35. The number of aromatic nitrogens is 3. The SMILES string of the molecule is C=CCn1c(Cc2ccc(OC)cc2)nnc1SCc1cccc(OC)c1. The molecule has 0 amide bonds. The number of methoxy groups -OCH3 is 2. The number of hydrogen-bond donors (Lipinski definition) is 0. The van der Waals surface area contributed by atoms with Crippen molar-refractivity contribution in [3.05, 3.63) is 78.1 Å². The molecule has 1 aromatic heterocycles. The Hall–Kier alpha value is -2.73. The maximum Gasteiger partial charge on any atom is 0.191 e. The Kier molecular flexibility index (Phi) is 6.54. The van der Waals surface area contributed by atoms with Crippen LogP contribution in [0.5, 0.6) is 11.5 Å². The van der Waals surface area contributed by atoms with E-state index in [0.717, 1.165) is 33.8 Å². The van der Waals surface area contributed by atoms with Crippen LogP contribution in [0.25, 0.3) is 0 Å². The van der Waals surface area contributed by atoms with Crippen LogP contribution in [-0.4, -0.2) is 29.0 Å². The van der Waals surface area contributed by atoms with E-state index in [9.17, 15) is 0 Å². The van der Waals surface area contributed by atoms with Crippen LogP contribution in [0.2, 0.25) is 0 Å². The quantitative estimate of drug-likeness (QED) is 0.407. The molecule has 0 spiro atoms. The topological polar surface area (TPSA) is 49.2 Å². The molecule has 0 bridgehead atoms. The van der Waals surface area contributed by atoms with Gasteiger partial charge in [0.2, 0.25) is 0 Å². The summed E-state index contributed by atoms with van der Waals surface area (Å²) < 4.78 is 12.6. The van der Waals surface area contributed by atoms with E-state index in [1.54, 1.807) is 26.0 Å². The van der Waals surface area contributed by atoms with Crippen LogP contribution in [0, 0.1) is 0 Å². The van der Waals surface area contributed by atoms with E-state index in [2.05, 4.69) is 39.5 Å². The number of allylic oxidation sites excluding steroid dienone is 1. The van der Waals surface area contributed by atoms with E-state index in [1.807, 2.05) is 36.4 Å². The van der Waals surface area contributed by atoms with Crippen LogP contribution >= 0.6 is 11.8 Å². The zero-order chi connectivity index (χ0) is 19.1. The van der Waals surface area contributed by atoms with Gasteiger partial charge in [0.1, 0.15) is 17.3 Å². The van der Waals surface area contributed by atoms with Crippen LogP contribution in [-0.2, 0) is 18.7 Å². The molecule has 0 aliphatic heterocycles. The monoisotopic (exact) mass is 381 g/mol. The second-order valence-corrected chi connectivity index (χ2v) is 6.91. The third kappa shape index (κ3) is 4.92. The minimum absolute atomic E-state index is 0.679. The predicted molar refractivity (Wildman–Crippen MR) is 109 cm³/mol. The Morgan fingerprint density at radius 1 is 1.00 bits per heavy atom. The molecule has 3 aromatic rings. The van der Waals surface area contributed by atoms with Gasteiger partial charge in [-0.1, -0.05) is 42.1 Å². The van der Waals surface area contributed by atoms with Gasteiger partial charge in [0, 0.05) is 18.7 Å². The van der Waals surface area contributed by atoms with E-state index < -0.39 is 0 Å². The molecule has 0 aliphatic rings. The highest BCUT2D eigenvalue weighted by molar-refractivity contribution is 7.98. The number of rotatable bonds is 9. The van der Waals surface area contributed by atoms with Gasteiger partial charge < -0.3 is 14.0 Å². The van der Waals surface area contributed by atoms with E-state index in [4.69, 9.17) is 9.47 Å². The average Bonchev–Trinajstić information content (AvgIpc) is 3.09. The second-order valence-electron chi connectivity index (χ2n) is 5.96. The third-order valence-corrected chi connectivity index (χ3v) is 5.17. The minimum atomic E-state index is 0.679. The van der Waals surface area contributed by atoms with E-state index in [0.29, 0.717) is 13.0 Å². The van der Waals surface area contributed by atoms with Crippen LogP contribution < -0.4 is 9.47 Å². The number of hydrogen-bond acceptors (Lipinski definition) is 5. The Balaban J connectivity index is 1.74. The second kappa shape index (κ2) is 9.28. The summed E-state index contributed by atoms with van der Waals surface area (Å²) in [6.07, 6.45) is 2.58. The van der Waals surface area contributed by atoms with Gasteiger partial charge in [-0.3, -0.25) is 0 Å². The summed E-state index contributed by atoms with van der Waals surface area (Å²) in [5.74, 6) is 3.43. The summed E-state index contributed by atoms with van der Waals surface area (Å²) in [7, 11) is 3.35. The normalized spacial score (nSPS) is 10.6. The summed E-state index contributed by atoms with van der Waals surface area (Å²) >= 11 is 1.66. The van der Waals surface area contributed by atoms with Gasteiger partial charge in [-0.15, -0.1) is 16.8 Å². The Bertz CT molecular complexity index is 891. The standard InChI is InChI=1S/C21H23N3O2S/c1-4-12-24-20(14-16-8-10-18(25-2)11-9-16)22-23-21(24)27-15-17-6-5-7-19(13-17)26-3/h4-11,13H,1,12,14-15H2,2-3H3. The van der Waals surface area contributed by atoms with Crippen molar-refractivity contribution in [2.24, 2.45) is 0 Å². The first-order chi connectivity index (χ1) is 13.2. The Morgan fingerprint density at radius 3 is 2.48 bits per heavy atom. The molecule has 0 aliphatic carbocycles. The first-order valence-corrected chi connectivity index (χ1v) is 9.63. The lowest BCUT2D eigenvalue weighted by Crippen LogP contribution is -2.05. The molecule has 0 atom stereocenters. The molecule has 6 heteroatoms. The van der Waals surface area contributed by atoms with Gasteiger partial charge in [-0.05, 0) is 35.4 Å². The highest BCUT2D eigenvalue weighted by atomic mass is 32.2. The van der Waals surface area contributed by atoms with Crippen molar-refractivity contribution in [2.45, 2.75) is 23.9 Å². The van der Waals surface area contributed by atoms with Crippen molar-refractivity contribution in [3.8, 4) is 11.5 Å². The van der Waals surface area contributed by atoms with Crippen molar-refractivity contribution < 1.29 is 9.47 Å². The molecular formula is C21H23N3O2S. The molecule has 27 heavy (non-hydrogen) atoms. The summed E-state index contributed by atoms with van der Waals surface area (Å²) in [5, 5.41) is 9.69. The number of thioether (sulfide) groups is 1. The van der Waals surface area contributed by atoms with E-state index in [-0.39, 0.29) is 0 Å². The molecule has 2 aromatic carbocycles. The summed E-state index contributed by atoms with van der Waals surface area (Å²) in [6, 6.07) is 16.1. The van der Waals surface area contributed by atoms with Crippen molar-refractivity contribution in [2.75, 3.05) is 14.2 Å². The first-order valence-electron chi connectivity index (χ1n) is 8.65. The maximum absolute atomic E-state index is 5.29. The van der Waals surface area contributed by atoms with Crippen molar-refractivity contribution in [1.82, 2.24) is 14.8 Å². The Morgan fingerprint density at radius 2 is 1.78 bits per heavy atom. The number of ether oxygens (including phenoxy) is 2. The number of benzene rings is 2. The van der Waals surface area contributed by atoms with Crippen molar-refractivity contribution >= 4 is 11.8 Å². The lowest BCUT2D eigenvalue weighted by molar-refractivity contribution is 0.414. The van der Waals surface area contributed by atoms with Crippen LogP contribution in [0.3, 0.4) is 0 Å². The molecule has 0 fully saturated rings. The highest BCUT2D eigenvalue weighted by Crippen LogP contribution is 2.25. The molecule has 5 nitrogen and oxygen atoms in total. The summed E-state index contributed by atoms with van der Waals surface area (Å²) in [6.45, 7) is 4.55. The number of nitrogens with zero attached hydrogens (tertiary/aromatic N) is 3. The van der Waals surface area contributed by atoms with Crippen LogP contribution in [0.1, 0.15) is 17.0 Å². The largest absolute Gasteiger partial charge is 0.497 e. The first kappa shape index (κ1) is 19.0. The van der Waals surface area contributed by atoms with Crippen molar-refractivity contribution in [3.63, 3.8) is 0 Å². The fourth-order valence-corrected chi connectivity index (χ4v) is 3.61. The van der Waals surface area contributed by atoms with E-state index in [1.165, 1.54) is 5.56 Å². The molecule has 0 radical (unpaired) electrons. The third-order valence-electron chi connectivity index (χ3n) is 4.13.